The van der Waals surface area contributed by atoms with Gasteiger partial charge >= 0.3 is 0 Å². The van der Waals surface area contributed by atoms with Crippen molar-refractivity contribution in [2.45, 2.75) is 20.3 Å². The van der Waals surface area contributed by atoms with Gasteiger partial charge in [0.15, 0.2) is 0 Å². The molecule has 3 N–H and O–H groups in total. The summed E-state index contributed by atoms with van der Waals surface area (Å²) in [6.07, 6.45) is 1.28. The van der Waals surface area contributed by atoms with Crippen molar-refractivity contribution in [3.63, 3.8) is 0 Å². The van der Waals surface area contributed by atoms with E-state index in [0.717, 1.165) is 31.5 Å². The van der Waals surface area contributed by atoms with Crippen molar-refractivity contribution in [3.8, 4) is 0 Å². The summed E-state index contributed by atoms with van der Waals surface area (Å²) in [5.41, 5.74) is 5.51. The molecule has 0 radical (unpaired) electrons. The van der Waals surface area contributed by atoms with E-state index in [-0.39, 0.29) is 17.4 Å². The number of rotatable bonds is 4. The fraction of sp³-hybridized carbons (Fsp3) is 0.750. The van der Waals surface area contributed by atoms with Crippen LogP contribution in [0.1, 0.15) is 30.8 Å². The predicted molar refractivity (Wildman–Crippen MR) is 70.4 cm³/mol. The standard InChI is InChI=1S/C12H21N5O2/c1-8-5-9(2)7-17(6-8)4-3-14-12(18)10-11(13)16-19-15-10/h8-9H,3-7H2,1-2H3,(H2,13,16)(H,14,18)/t8-,9+. The van der Waals surface area contributed by atoms with Crippen LogP contribution in [0.2, 0.25) is 0 Å². The number of nitrogen functional groups attached to an aromatic ring is 1. The third-order valence-corrected chi connectivity index (χ3v) is 3.39. The van der Waals surface area contributed by atoms with Crippen LogP contribution >= 0.6 is 0 Å². The summed E-state index contributed by atoms with van der Waals surface area (Å²) < 4.78 is 4.39. The van der Waals surface area contributed by atoms with Crippen LogP contribution in [0.5, 0.6) is 0 Å². The Morgan fingerprint density at radius 2 is 2.11 bits per heavy atom. The Morgan fingerprint density at radius 1 is 1.42 bits per heavy atom. The van der Waals surface area contributed by atoms with E-state index >= 15 is 0 Å². The minimum atomic E-state index is -0.336. The van der Waals surface area contributed by atoms with Crippen LogP contribution in [0, 0.1) is 11.8 Å². The molecular weight excluding hydrogens is 246 g/mol. The molecule has 1 aromatic rings. The molecular formula is C12H21N5O2. The van der Waals surface area contributed by atoms with Crippen molar-refractivity contribution in [3.05, 3.63) is 5.69 Å². The van der Waals surface area contributed by atoms with Crippen LogP contribution in [0.15, 0.2) is 4.63 Å². The van der Waals surface area contributed by atoms with Crippen molar-refractivity contribution in [2.24, 2.45) is 11.8 Å². The smallest absolute Gasteiger partial charge is 0.277 e. The number of nitrogens with zero attached hydrogens (tertiary/aromatic N) is 3. The molecule has 1 amide bonds. The van der Waals surface area contributed by atoms with Crippen molar-refractivity contribution < 1.29 is 9.42 Å². The summed E-state index contributed by atoms with van der Waals surface area (Å²) in [5.74, 6) is 1.12. The SMILES string of the molecule is C[C@@H]1C[C@H](C)CN(CCNC(=O)c2nonc2N)C1. The second kappa shape index (κ2) is 6.01. The molecule has 2 atom stereocenters. The highest BCUT2D eigenvalue weighted by Gasteiger charge is 2.22. The highest BCUT2D eigenvalue weighted by Crippen LogP contribution is 2.20. The summed E-state index contributed by atoms with van der Waals surface area (Å²) in [7, 11) is 0. The zero-order valence-electron chi connectivity index (χ0n) is 11.4. The molecule has 1 saturated heterocycles. The number of hydrogen-bond donors (Lipinski definition) is 2. The van der Waals surface area contributed by atoms with Crippen molar-refractivity contribution in [2.75, 3.05) is 31.9 Å². The summed E-state index contributed by atoms with van der Waals surface area (Å²) in [5, 5.41) is 9.62. The molecule has 1 fully saturated rings. The molecule has 1 aromatic heterocycles. The maximum atomic E-state index is 11.7. The van der Waals surface area contributed by atoms with Crippen molar-refractivity contribution in [1.29, 1.82) is 0 Å². The fourth-order valence-electron chi connectivity index (χ4n) is 2.74. The highest BCUT2D eigenvalue weighted by molar-refractivity contribution is 5.95. The highest BCUT2D eigenvalue weighted by atomic mass is 16.6. The molecule has 106 valence electrons. The van der Waals surface area contributed by atoms with E-state index in [9.17, 15) is 4.79 Å². The Labute approximate surface area is 112 Å². The second-order valence-electron chi connectivity index (χ2n) is 5.46. The summed E-state index contributed by atoms with van der Waals surface area (Å²) >= 11 is 0. The number of hydrogen-bond acceptors (Lipinski definition) is 6. The van der Waals surface area contributed by atoms with Gasteiger partial charge in [-0.3, -0.25) is 4.79 Å². The number of nitrogens with two attached hydrogens (primary N) is 1. The molecule has 1 aliphatic rings. The zero-order valence-corrected chi connectivity index (χ0v) is 11.4. The molecule has 2 heterocycles. The molecule has 0 spiro atoms. The number of nitrogens with one attached hydrogen (secondary N) is 1. The Balaban J connectivity index is 1.75. The lowest BCUT2D eigenvalue weighted by Crippen LogP contribution is -2.43. The van der Waals surface area contributed by atoms with E-state index in [1.165, 1.54) is 6.42 Å². The van der Waals surface area contributed by atoms with Crippen molar-refractivity contribution in [1.82, 2.24) is 20.5 Å². The van der Waals surface area contributed by atoms with Crippen LogP contribution in [-0.4, -0.2) is 47.3 Å². The average Bonchev–Trinajstić information content (AvgIpc) is 2.74. The number of carbonyl (C=O) groups excluding carboxylic acids is 1. The van der Waals surface area contributed by atoms with Gasteiger partial charge in [-0.25, -0.2) is 4.63 Å². The topological polar surface area (TPSA) is 97.3 Å². The van der Waals surface area contributed by atoms with Crippen LogP contribution in [0.4, 0.5) is 5.82 Å². The molecule has 7 heteroatoms. The number of likely N-dealkylation sites (tertiary alicyclic amines) is 1. The number of amides is 1. The number of carbonyl (C=O) groups is 1. The monoisotopic (exact) mass is 267 g/mol. The van der Waals surface area contributed by atoms with Gasteiger partial charge < -0.3 is 16.0 Å². The van der Waals surface area contributed by atoms with Gasteiger partial charge in [0.25, 0.3) is 5.91 Å². The number of piperidine rings is 1. The zero-order chi connectivity index (χ0) is 13.8. The van der Waals surface area contributed by atoms with Crippen LogP contribution in [0.25, 0.3) is 0 Å². The Morgan fingerprint density at radius 3 is 2.68 bits per heavy atom. The Hall–Kier alpha value is -1.63. The minimum Gasteiger partial charge on any atom is -0.379 e. The van der Waals surface area contributed by atoms with Gasteiger partial charge in [0.2, 0.25) is 11.5 Å². The molecule has 0 aliphatic carbocycles. The van der Waals surface area contributed by atoms with Crippen LogP contribution in [0.3, 0.4) is 0 Å². The molecule has 0 saturated carbocycles. The van der Waals surface area contributed by atoms with Crippen LogP contribution < -0.4 is 11.1 Å². The van der Waals surface area contributed by atoms with E-state index in [0.29, 0.717) is 6.54 Å². The molecule has 7 nitrogen and oxygen atoms in total. The quantitative estimate of drug-likeness (QED) is 0.817. The summed E-state index contributed by atoms with van der Waals surface area (Å²) in [6, 6.07) is 0. The minimum absolute atomic E-state index is 0.0257. The molecule has 19 heavy (non-hydrogen) atoms. The average molecular weight is 267 g/mol. The van der Waals surface area contributed by atoms with Crippen LogP contribution in [-0.2, 0) is 0 Å². The first kappa shape index (κ1) is 13.8. The lowest BCUT2D eigenvalue weighted by Gasteiger charge is -2.34. The summed E-state index contributed by atoms with van der Waals surface area (Å²) in [6.45, 7) is 8.13. The molecule has 1 aliphatic heterocycles. The third kappa shape index (κ3) is 3.66. The number of aromatic nitrogens is 2. The van der Waals surface area contributed by atoms with Gasteiger partial charge in [0, 0.05) is 26.2 Å². The maximum absolute atomic E-state index is 11.7. The number of anilines is 1. The Kier molecular flexibility index (Phi) is 4.36. The first-order chi connectivity index (χ1) is 9.06. The van der Waals surface area contributed by atoms with E-state index < -0.39 is 0 Å². The van der Waals surface area contributed by atoms with Gasteiger partial charge in [-0.2, -0.15) is 0 Å². The van der Waals surface area contributed by atoms with Gasteiger partial charge in [0.05, 0.1) is 0 Å². The molecule has 0 aromatic carbocycles. The third-order valence-electron chi connectivity index (χ3n) is 3.39. The van der Waals surface area contributed by atoms with Crippen molar-refractivity contribution >= 4 is 11.7 Å². The Bertz CT molecular complexity index is 424. The van der Waals surface area contributed by atoms with Gasteiger partial charge in [-0.05, 0) is 28.6 Å². The lowest BCUT2D eigenvalue weighted by molar-refractivity contribution is 0.0927. The largest absolute Gasteiger partial charge is 0.379 e. The maximum Gasteiger partial charge on any atom is 0.277 e. The van der Waals surface area contributed by atoms with E-state index in [1.54, 1.807) is 0 Å². The van der Waals surface area contributed by atoms with E-state index in [4.69, 9.17) is 5.73 Å². The lowest BCUT2D eigenvalue weighted by atomic mass is 9.92. The first-order valence-corrected chi connectivity index (χ1v) is 6.65. The molecule has 0 bridgehead atoms. The first-order valence-electron chi connectivity index (χ1n) is 6.65. The second-order valence-corrected chi connectivity index (χ2v) is 5.46. The fourth-order valence-corrected chi connectivity index (χ4v) is 2.74. The normalized spacial score (nSPS) is 24.3. The van der Waals surface area contributed by atoms with E-state index in [1.807, 2.05) is 0 Å². The molecule has 2 rings (SSSR count). The van der Waals surface area contributed by atoms with Gasteiger partial charge in [0.1, 0.15) is 0 Å². The van der Waals surface area contributed by atoms with E-state index in [2.05, 4.69) is 39.0 Å². The predicted octanol–water partition coefficient (Wildman–Crippen LogP) is 0.360. The molecule has 0 unspecified atom stereocenters. The summed E-state index contributed by atoms with van der Waals surface area (Å²) in [4.78, 5) is 14.1. The van der Waals surface area contributed by atoms with Gasteiger partial charge in [-0.1, -0.05) is 13.8 Å². The van der Waals surface area contributed by atoms with Gasteiger partial charge in [-0.15, -0.1) is 0 Å².